The van der Waals surface area contributed by atoms with Crippen LogP contribution in [0.1, 0.15) is 28.9 Å². The number of esters is 1. The van der Waals surface area contributed by atoms with Gasteiger partial charge in [-0.05, 0) is 37.1 Å². The second kappa shape index (κ2) is 7.12. The number of hydrogen-bond acceptors (Lipinski definition) is 6. The highest BCUT2D eigenvalue weighted by Crippen LogP contribution is 2.22. The molecule has 27 heavy (non-hydrogen) atoms. The highest BCUT2D eigenvalue weighted by Gasteiger charge is 2.28. The molecular formula is C17H19N3O6S. The van der Waals surface area contributed by atoms with Crippen molar-refractivity contribution in [3.63, 3.8) is 0 Å². The fraction of sp³-hybridized carbons (Fsp3) is 0.353. The van der Waals surface area contributed by atoms with E-state index in [-0.39, 0.29) is 28.8 Å². The standard InChI is InChI=1S/C17H19N3O6S/c1-19-13(9-15(21)20(2)17(19)23)10-26-16(22)11-3-7-14(8-4-11)27(24,25)18-12-5-6-12/h3-4,7-9,12,18H,5-6,10H2,1-2H3. The van der Waals surface area contributed by atoms with Gasteiger partial charge in [-0.1, -0.05) is 0 Å². The van der Waals surface area contributed by atoms with E-state index in [9.17, 15) is 22.8 Å². The molecule has 3 rings (SSSR count). The van der Waals surface area contributed by atoms with E-state index in [2.05, 4.69) is 4.72 Å². The third-order valence-corrected chi connectivity index (χ3v) is 5.81. The van der Waals surface area contributed by atoms with E-state index in [1.165, 1.54) is 49.0 Å². The molecule has 1 aromatic carbocycles. The number of rotatable bonds is 6. The maximum atomic E-state index is 12.2. The summed E-state index contributed by atoms with van der Waals surface area (Å²) in [5.74, 6) is -0.692. The van der Waals surface area contributed by atoms with Crippen LogP contribution < -0.4 is 16.0 Å². The molecule has 0 radical (unpaired) electrons. The van der Waals surface area contributed by atoms with Crippen molar-refractivity contribution < 1.29 is 17.9 Å². The van der Waals surface area contributed by atoms with Crippen LogP contribution in [0.5, 0.6) is 0 Å². The molecule has 0 amide bonds. The fourth-order valence-corrected chi connectivity index (χ4v) is 3.70. The average molecular weight is 393 g/mol. The minimum atomic E-state index is -3.59. The monoisotopic (exact) mass is 393 g/mol. The second-order valence-electron chi connectivity index (χ2n) is 6.37. The minimum Gasteiger partial charge on any atom is -0.456 e. The van der Waals surface area contributed by atoms with Crippen molar-refractivity contribution in [1.29, 1.82) is 0 Å². The molecule has 9 nitrogen and oxygen atoms in total. The molecule has 0 atom stereocenters. The molecule has 1 fully saturated rings. The molecule has 0 spiro atoms. The van der Waals surface area contributed by atoms with Gasteiger partial charge in [0.05, 0.1) is 16.2 Å². The lowest BCUT2D eigenvalue weighted by Crippen LogP contribution is -2.38. The molecule has 0 saturated heterocycles. The number of hydrogen-bond donors (Lipinski definition) is 1. The summed E-state index contributed by atoms with van der Waals surface area (Å²) in [4.78, 5) is 35.8. The van der Waals surface area contributed by atoms with E-state index in [1.54, 1.807) is 0 Å². The second-order valence-corrected chi connectivity index (χ2v) is 8.08. The highest BCUT2D eigenvalue weighted by atomic mass is 32.2. The zero-order chi connectivity index (χ0) is 19.8. The normalized spacial score (nSPS) is 14.1. The molecule has 144 valence electrons. The lowest BCUT2D eigenvalue weighted by molar-refractivity contribution is 0.0462. The summed E-state index contributed by atoms with van der Waals surface area (Å²) < 4.78 is 34.1. The molecule has 0 bridgehead atoms. The van der Waals surface area contributed by atoms with Gasteiger partial charge < -0.3 is 4.74 Å². The number of nitrogens with one attached hydrogen (secondary N) is 1. The summed E-state index contributed by atoms with van der Waals surface area (Å²) >= 11 is 0. The third kappa shape index (κ3) is 4.17. The van der Waals surface area contributed by atoms with Crippen LogP contribution in [-0.4, -0.2) is 29.6 Å². The zero-order valence-electron chi connectivity index (χ0n) is 14.8. The summed E-state index contributed by atoms with van der Waals surface area (Å²) in [6.07, 6.45) is 1.66. The van der Waals surface area contributed by atoms with Crippen LogP contribution in [0, 0.1) is 0 Å². The Morgan fingerprint density at radius 2 is 1.78 bits per heavy atom. The van der Waals surface area contributed by atoms with Gasteiger partial charge >= 0.3 is 11.7 Å². The maximum Gasteiger partial charge on any atom is 0.338 e. The number of carbonyl (C=O) groups excluding carboxylic acids is 1. The van der Waals surface area contributed by atoms with Crippen molar-refractivity contribution >= 4 is 16.0 Å². The Morgan fingerprint density at radius 3 is 2.37 bits per heavy atom. The quantitative estimate of drug-likeness (QED) is 0.684. The number of carbonyl (C=O) groups is 1. The first-order chi connectivity index (χ1) is 12.7. The molecular weight excluding hydrogens is 374 g/mol. The van der Waals surface area contributed by atoms with Crippen molar-refractivity contribution in [1.82, 2.24) is 13.9 Å². The van der Waals surface area contributed by atoms with Gasteiger partial charge in [0.15, 0.2) is 0 Å². The highest BCUT2D eigenvalue weighted by molar-refractivity contribution is 7.89. The van der Waals surface area contributed by atoms with Crippen LogP contribution in [0.25, 0.3) is 0 Å². The Labute approximate surface area is 155 Å². The molecule has 2 aromatic rings. The predicted molar refractivity (Wildman–Crippen MR) is 95.8 cm³/mol. The van der Waals surface area contributed by atoms with Crippen LogP contribution in [0.2, 0.25) is 0 Å². The van der Waals surface area contributed by atoms with Gasteiger partial charge in [0.1, 0.15) is 6.61 Å². The van der Waals surface area contributed by atoms with Gasteiger partial charge in [-0.3, -0.25) is 13.9 Å². The maximum absolute atomic E-state index is 12.2. The SMILES string of the molecule is Cn1c(COC(=O)c2ccc(S(=O)(=O)NC3CC3)cc2)cc(=O)n(C)c1=O. The Kier molecular flexibility index (Phi) is 5.03. The Bertz CT molecular complexity index is 1090. The van der Waals surface area contributed by atoms with Crippen LogP contribution in [0.15, 0.2) is 44.8 Å². The number of benzene rings is 1. The van der Waals surface area contributed by atoms with Gasteiger partial charge in [0.25, 0.3) is 5.56 Å². The molecule has 1 N–H and O–H groups in total. The van der Waals surface area contributed by atoms with Crippen LogP contribution in [0.3, 0.4) is 0 Å². The summed E-state index contributed by atoms with van der Waals surface area (Å²) in [7, 11) is -0.766. The van der Waals surface area contributed by atoms with E-state index in [1.807, 2.05) is 0 Å². The van der Waals surface area contributed by atoms with Crippen molar-refractivity contribution in [3.8, 4) is 0 Å². The van der Waals surface area contributed by atoms with Gasteiger partial charge in [-0.15, -0.1) is 0 Å². The van der Waals surface area contributed by atoms with Crippen LogP contribution in [-0.2, 0) is 35.5 Å². The Balaban J connectivity index is 1.70. The molecule has 1 heterocycles. The molecule has 0 unspecified atom stereocenters. The molecule has 1 aliphatic carbocycles. The van der Waals surface area contributed by atoms with Gasteiger partial charge in [-0.25, -0.2) is 22.7 Å². The van der Waals surface area contributed by atoms with E-state index in [0.717, 1.165) is 17.4 Å². The van der Waals surface area contributed by atoms with E-state index in [0.29, 0.717) is 0 Å². The largest absolute Gasteiger partial charge is 0.456 e. The van der Waals surface area contributed by atoms with Crippen molar-refractivity contribution in [3.05, 3.63) is 62.4 Å². The fourth-order valence-electron chi connectivity index (χ4n) is 2.40. The Morgan fingerprint density at radius 1 is 1.15 bits per heavy atom. The molecule has 1 aromatic heterocycles. The van der Waals surface area contributed by atoms with Crippen LogP contribution >= 0.6 is 0 Å². The van der Waals surface area contributed by atoms with E-state index >= 15 is 0 Å². The molecule has 0 aliphatic heterocycles. The smallest absolute Gasteiger partial charge is 0.338 e. The molecule has 10 heteroatoms. The number of sulfonamides is 1. The van der Waals surface area contributed by atoms with E-state index in [4.69, 9.17) is 4.74 Å². The summed E-state index contributed by atoms with van der Waals surface area (Å²) in [5, 5.41) is 0. The minimum absolute atomic E-state index is 0.00938. The van der Waals surface area contributed by atoms with Crippen LogP contribution in [0.4, 0.5) is 0 Å². The Hall–Kier alpha value is -2.72. The van der Waals surface area contributed by atoms with Gasteiger partial charge in [0.2, 0.25) is 10.0 Å². The zero-order valence-corrected chi connectivity index (χ0v) is 15.7. The van der Waals surface area contributed by atoms with Crippen molar-refractivity contribution in [2.24, 2.45) is 14.1 Å². The molecule has 1 aliphatic rings. The predicted octanol–water partition coefficient (Wildman–Crippen LogP) is -0.118. The summed E-state index contributed by atoms with van der Waals surface area (Å²) in [6.45, 7) is -0.260. The average Bonchev–Trinajstić information content (AvgIpc) is 3.45. The third-order valence-electron chi connectivity index (χ3n) is 4.28. The van der Waals surface area contributed by atoms with Gasteiger partial charge in [0, 0.05) is 26.2 Å². The van der Waals surface area contributed by atoms with Crippen molar-refractivity contribution in [2.45, 2.75) is 30.4 Å². The topological polar surface area (TPSA) is 116 Å². The number of nitrogens with zero attached hydrogens (tertiary/aromatic N) is 2. The summed E-state index contributed by atoms with van der Waals surface area (Å²) in [6, 6.07) is 6.57. The van der Waals surface area contributed by atoms with Gasteiger partial charge in [-0.2, -0.15) is 0 Å². The number of ether oxygens (including phenoxy) is 1. The van der Waals surface area contributed by atoms with Crippen molar-refractivity contribution in [2.75, 3.05) is 0 Å². The number of aromatic nitrogens is 2. The first-order valence-electron chi connectivity index (χ1n) is 8.24. The molecule has 1 saturated carbocycles. The lowest BCUT2D eigenvalue weighted by atomic mass is 10.2. The first-order valence-corrected chi connectivity index (χ1v) is 9.73. The lowest BCUT2D eigenvalue weighted by Gasteiger charge is -2.10. The summed E-state index contributed by atoms with van der Waals surface area (Å²) in [5.41, 5.74) is -0.605. The first kappa shape index (κ1) is 19.1. The van der Waals surface area contributed by atoms with E-state index < -0.39 is 27.2 Å².